The van der Waals surface area contributed by atoms with Crippen molar-refractivity contribution in [1.29, 1.82) is 0 Å². The van der Waals surface area contributed by atoms with Crippen molar-refractivity contribution in [1.82, 2.24) is 5.32 Å². The average molecular weight is 297 g/mol. The van der Waals surface area contributed by atoms with Gasteiger partial charge in [0.05, 0.1) is 0 Å². The van der Waals surface area contributed by atoms with Crippen molar-refractivity contribution in [3.05, 3.63) is 41.5 Å². The molecule has 118 valence electrons. The Bertz CT molecular complexity index is 564. The van der Waals surface area contributed by atoms with Gasteiger partial charge >= 0.3 is 0 Å². The Kier molecular flexibility index (Phi) is 4.12. The molecule has 22 heavy (non-hydrogen) atoms. The van der Waals surface area contributed by atoms with Gasteiger partial charge in [0, 0.05) is 12.1 Å². The van der Waals surface area contributed by atoms with Crippen LogP contribution in [0.2, 0.25) is 0 Å². The molecule has 2 saturated carbocycles. The Hall–Kier alpha value is -1.57. The van der Waals surface area contributed by atoms with E-state index in [4.69, 9.17) is 0 Å². The van der Waals surface area contributed by atoms with Crippen molar-refractivity contribution in [2.24, 2.45) is 11.8 Å². The molecule has 2 fully saturated rings. The zero-order valence-corrected chi connectivity index (χ0v) is 13.9. The van der Waals surface area contributed by atoms with Gasteiger partial charge in [-0.2, -0.15) is 0 Å². The second kappa shape index (κ2) is 5.91. The van der Waals surface area contributed by atoms with Gasteiger partial charge in [-0.25, -0.2) is 0 Å². The zero-order chi connectivity index (χ0) is 15.7. The first-order valence-corrected chi connectivity index (χ1v) is 8.51. The number of carbonyl (C=O) groups excluding carboxylic acids is 1. The number of benzene rings is 1. The molecule has 2 nitrogen and oxygen atoms in total. The van der Waals surface area contributed by atoms with E-state index < -0.39 is 0 Å². The molecule has 0 heterocycles. The first kappa shape index (κ1) is 15.3. The molecule has 1 N–H and O–H groups in total. The molecule has 2 aliphatic carbocycles. The smallest absolute Gasteiger partial charge is 0.244 e. The number of hydrogen-bond donors (Lipinski definition) is 1. The van der Waals surface area contributed by atoms with Crippen molar-refractivity contribution >= 4 is 12.0 Å². The summed E-state index contributed by atoms with van der Waals surface area (Å²) in [6.07, 6.45) is 8.76. The monoisotopic (exact) mass is 297 g/mol. The minimum absolute atomic E-state index is 0.0532. The van der Waals surface area contributed by atoms with Crippen LogP contribution >= 0.6 is 0 Å². The summed E-state index contributed by atoms with van der Waals surface area (Å²) >= 11 is 0. The van der Waals surface area contributed by atoms with E-state index in [0.717, 1.165) is 17.4 Å². The first-order valence-electron chi connectivity index (χ1n) is 8.51. The van der Waals surface area contributed by atoms with Crippen LogP contribution in [0.1, 0.15) is 57.6 Å². The lowest BCUT2D eigenvalue weighted by molar-refractivity contribution is -0.117. The molecule has 2 heteroatoms. The molecule has 0 radical (unpaired) electrons. The number of hydrogen-bond acceptors (Lipinski definition) is 1. The summed E-state index contributed by atoms with van der Waals surface area (Å²) in [7, 11) is 0. The standard InChI is InChI=1S/C20H27NO/c1-20(2,3)17-9-5-14(6-10-17)7-11-19(22)21-18-13-15-4-8-16(18)12-15/h5-7,9-11,15-16,18H,4,8,12-13H2,1-3H3,(H,21,22)/b11-7+/t15-,16+,18-/m0/s1. The maximum Gasteiger partial charge on any atom is 0.244 e. The SMILES string of the molecule is CC(C)(C)c1ccc(/C=C/C(=O)N[C@H]2C[C@H]3CC[C@@H]2C3)cc1. The summed E-state index contributed by atoms with van der Waals surface area (Å²) in [4.78, 5) is 12.1. The normalized spacial score (nSPS) is 27.5. The van der Waals surface area contributed by atoms with Crippen LogP contribution in [0.15, 0.2) is 30.3 Å². The van der Waals surface area contributed by atoms with Crippen molar-refractivity contribution in [3.8, 4) is 0 Å². The number of fused-ring (bicyclic) bond motifs is 2. The third-order valence-corrected chi connectivity index (χ3v) is 5.27. The fraction of sp³-hybridized carbons (Fsp3) is 0.550. The molecule has 2 bridgehead atoms. The van der Waals surface area contributed by atoms with Crippen LogP contribution < -0.4 is 5.32 Å². The molecule has 2 aliphatic rings. The Labute approximate surface area is 134 Å². The maximum absolute atomic E-state index is 12.1. The molecule has 1 aromatic carbocycles. The molecule has 0 spiro atoms. The first-order chi connectivity index (χ1) is 10.4. The van der Waals surface area contributed by atoms with Crippen molar-refractivity contribution in [3.63, 3.8) is 0 Å². The van der Waals surface area contributed by atoms with E-state index in [2.05, 4.69) is 50.4 Å². The van der Waals surface area contributed by atoms with Crippen LogP contribution in [0, 0.1) is 11.8 Å². The van der Waals surface area contributed by atoms with Crippen LogP contribution in [0.4, 0.5) is 0 Å². The van der Waals surface area contributed by atoms with Crippen LogP contribution in [-0.4, -0.2) is 11.9 Å². The largest absolute Gasteiger partial charge is 0.350 e. The predicted octanol–water partition coefficient (Wildman–Crippen LogP) is 4.30. The summed E-state index contributed by atoms with van der Waals surface area (Å²) < 4.78 is 0. The van der Waals surface area contributed by atoms with Gasteiger partial charge in [-0.05, 0) is 53.7 Å². The van der Waals surface area contributed by atoms with E-state index in [1.165, 1.54) is 31.2 Å². The van der Waals surface area contributed by atoms with Gasteiger partial charge in [-0.1, -0.05) is 51.5 Å². The fourth-order valence-electron chi connectivity index (χ4n) is 3.92. The lowest BCUT2D eigenvalue weighted by Crippen LogP contribution is -2.37. The maximum atomic E-state index is 12.1. The topological polar surface area (TPSA) is 29.1 Å². The van der Waals surface area contributed by atoms with Crippen LogP contribution in [0.5, 0.6) is 0 Å². The lowest BCUT2D eigenvalue weighted by Gasteiger charge is -2.22. The molecule has 3 rings (SSSR count). The summed E-state index contributed by atoms with van der Waals surface area (Å²) in [5.41, 5.74) is 2.56. The van der Waals surface area contributed by atoms with Gasteiger partial charge in [0.25, 0.3) is 0 Å². The zero-order valence-electron chi connectivity index (χ0n) is 13.9. The van der Waals surface area contributed by atoms with E-state index in [0.29, 0.717) is 6.04 Å². The third kappa shape index (κ3) is 3.43. The lowest BCUT2D eigenvalue weighted by atomic mass is 9.87. The summed E-state index contributed by atoms with van der Waals surface area (Å²) in [5, 5.41) is 3.19. The number of amides is 1. The molecule has 1 aromatic rings. The molecule has 3 atom stereocenters. The minimum atomic E-state index is 0.0532. The molecule has 1 amide bonds. The predicted molar refractivity (Wildman–Crippen MR) is 91.6 cm³/mol. The Morgan fingerprint density at radius 3 is 2.41 bits per heavy atom. The molecular weight excluding hydrogens is 270 g/mol. The Morgan fingerprint density at radius 1 is 1.14 bits per heavy atom. The molecule has 0 aromatic heterocycles. The van der Waals surface area contributed by atoms with Gasteiger partial charge in [0.15, 0.2) is 0 Å². The van der Waals surface area contributed by atoms with E-state index in [1.54, 1.807) is 6.08 Å². The Morgan fingerprint density at radius 2 is 1.86 bits per heavy atom. The van der Waals surface area contributed by atoms with Crippen LogP contribution in [0.3, 0.4) is 0 Å². The number of carbonyl (C=O) groups is 1. The number of rotatable bonds is 3. The second-order valence-electron chi connectivity index (χ2n) is 8.00. The number of nitrogens with one attached hydrogen (secondary N) is 1. The van der Waals surface area contributed by atoms with Gasteiger partial charge in [-0.3, -0.25) is 4.79 Å². The van der Waals surface area contributed by atoms with Gasteiger partial charge in [0.2, 0.25) is 5.91 Å². The quantitative estimate of drug-likeness (QED) is 0.828. The van der Waals surface area contributed by atoms with E-state index in [9.17, 15) is 4.79 Å². The molecule has 0 saturated heterocycles. The molecule has 0 aliphatic heterocycles. The van der Waals surface area contributed by atoms with Gasteiger partial charge in [0.1, 0.15) is 0 Å². The highest BCUT2D eigenvalue weighted by molar-refractivity contribution is 5.91. The molecular formula is C20H27NO. The van der Waals surface area contributed by atoms with E-state index >= 15 is 0 Å². The average Bonchev–Trinajstić information content (AvgIpc) is 3.07. The summed E-state index contributed by atoms with van der Waals surface area (Å²) in [6.45, 7) is 6.63. The minimum Gasteiger partial charge on any atom is -0.350 e. The summed E-state index contributed by atoms with van der Waals surface area (Å²) in [5.74, 6) is 1.65. The highest BCUT2D eigenvalue weighted by atomic mass is 16.1. The van der Waals surface area contributed by atoms with Crippen LogP contribution in [-0.2, 0) is 10.2 Å². The Balaban J connectivity index is 1.56. The summed E-state index contributed by atoms with van der Waals surface area (Å²) in [6, 6.07) is 8.88. The molecule has 0 unspecified atom stereocenters. The fourth-order valence-corrected chi connectivity index (χ4v) is 3.92. The van der Waals surface area contributed by atoms with Gasteiger partial charge in [-0.15, -0.1) is 0 Å². The highest BCUT2D eigenvalue weighted by Crippen LogP contribution is 2.44. The second-order valence-corrected chi connectivity index (χ2v) is 8.00. The van der Waals surface area contributed by atoms with E-state index in [-0.39, 0.29) is 11.3 Å². The van der Waals surface area contributed by atoms with E-state index in [1.807, 2.05) is 6.08 Å². The van der Waals surface area contributed by atoms with Crippen molar-refractivity contribution in [2.45, 2.75) is 57.9 Å². The van der Waals surface area contributed by atoms with Gasteiger partial charge < -0.3 is 5.32 Å². The highest BCUT2D eigenvalue weighted by Gasteiger charge is 2.39. The van der Waals surface area contributed by atoms with Crippen molar-refractivity contribution < 1.29 is 4.79 Å². The third-order valence-electron chi connectivity index (χ3n) is 5.27. The van der Waals surface area contributed by atoms with Crippen LogP contribution in [0.25, 0.3) is 6.08 Å². The van der Waals surface area contributed by atoms with Crippen molar-refractivity contribution in [2.75, 3.05) is 0 Å².